The van der Waals surface area contributed by atoms with Crippen LogP contribution >= 0.6 is 12.8 Å². The molecule has 1 aliphatic rings. The third kappa shape index (κ3) is 9.74. The van der Waals surface area contributed by atoms with Crippen LogP contribution in [0.25, 0.3) is 0 Å². The van der Waals surface area contributed by atoms with Crippen molar-refractivity contribution in [3.8, 4) is 0 Å². The van der Waals surface area contributed by atoms with Gasteiger partial charge in [0.05, 0.1) is 18.8 Å². The first-order chi connectivity index (χ1) is 15.1. The number of carbonyl (C=O) groups is 4. The Labute approximate surface area is 195 Å². The number of esters is 1. The van der Waals surface area contributed by atoms with Gasteiger partial charge in [0.25, 0.3) is 0 Å². The number of hydrogen-bond donors (Lipinski definition) is 4. The van der Waals surface area contributed by atoms with E-state index >= 15 is 0 Å². The minimum Gasteiger partial charge on any atom is -0.460 e. The number of thiol groups is 1. The number of carbonyl (C=O) groups excluding carboxylic acids is 4. The molecule has 0 radical (unpaired) electrons. The van der Waals surface area contributed by atoms with Crippen molar-refractivity contribution in [2.24, 2.45) is 11.8 Å². The fourth-order valence-corrected chi connectivity index (χ4v) is 3.66. The van der Waals surface area contributed by atoms with Gasteiger partial charge in [-0.25, -0.2) is 0 Å². The van der Waals surface area contributed by atoms with Crippen molar-refractivity contribution in [3.05, 3.63) is 0 Å². The summed E-state index contributed by atoms with van der Waals surface area (Å²) in [6.45, 7) is 9.05. The molecule has 184 valence electrons. The molecule has 0 saturated carbocycles. The Balaban J connectivity index is 2.72. The predicted octanol–water partition coefficient (Wildman–Crippen LogP) is 1.09. The topological polar surface area (TPSA) is 132 Å². The second-order valence-electron chi connectivity index (χ2n) is 8.15. The largest absolute Gasteiger partial charge is 0.460 e. The summed E-state index contributed by atoms with van der Waals surface area (Å²) in [7, 11) is 0. The Morgan fingerprint density at radius 2 is 1.72 bits per heavy atom. The lowest BCUT2D eigenvalue weighted by molar-refractivity contribution is -0.242. The molecule has 1 aliphatic heterocycles. The van der Waals surface area contributed by atoms with Crippen LogP contribution in [0.15, 0.2) is 0 Å². The summed E-state index contributed by atoms with van der Waals surface area (Å²) < 4.78 is 19.5. The SMILES string of the molecule is CCC(COC1OC(CNC(=O)CCCC(=O)NS)C(C)C(C)C1NC(C)=O)OC(C)=O. The van der Waals surface area contributed by atoms with Crippen LogP contribution in [0.3, 0.4) is 0 Å². The van der Waals surface area contributed by atoms with Crippen LogP contribution in [-0.2, 0) is 33.4 Å². The van der Waals surface area contributed by atoms with Gasteiger partial charge in [-0.15, -0.1) is 0 Å². The van der Waals surface area contributed by atoms with Crippen LogP contribution in [0.4, 0.5) is 0 Å². The quantitative estimate of drug-likeness (QED) is 0.245. The summed E-state index contributed by atoms with van der Waals surface area (Å²) in [4.78, 5) is 46.3. The highest BCUT2D eigenvalue weighted by Crippen LogP contribution is 2.31. The highest BCUT2D eigenvalue weighted by molar-refractivity contribution is 7.78. The van der Waals surface area contributed by atoms with Gasteiger partial charge in [-0.2, -0.15) is 0 Å². The van der Waals surface area contributed by atoms with E-state index in [1.54, 1.807) is 0 Å². The van der Waals surface area contributed by atoms with Gasteiger partial charge in [-0.05, 0) is 24.7 Å². The zero-order valence-corrected chi connectivity index (χ0v) is 20.4. The standard InChI is InChI=1S/C21H37N3O7S/c1-6-16(30-15(5)26)11-29-21-20(23-14(4)25)13(3)12(2)17(31-21)10-22-18(27)8-7-9-19(28)24-32/h12-13,16-17,20-21,32H,6-11H2,1-5H3,(H,22,27)(H,23,25)(H,24,28). The van der Waals surface area contributed by atoms with Gasteiger partial charge in [-0.3, -0.25) is 19.2 Å². The lowest BCUT2D eigenvalue weighted by atomic mass is 9.82. The van der Waals surface area contributed by atoms with Crippen LogP contribution < -0.4 is 15.4 Å². The van der Waals surface area contributed by atoms with E-state index in [0.717, 1.165) is 0 Å². The Kier molecular flexibility index (Phi) is 12.6. The van der Waals surface area contributed by atoms with E-state index in [0.29, 0.717) is 12.8 Å². The molecule has 32 heavy (non-hydrogen) atoms. The van der Waals surface area contributed by atoms with E-state index in [-0.39, 0.29) is 67.7 Å². The number of amides is 3. The van der Waals surface area contributed by atoms with Gasteiger partial charge < -0.3 is 29.6 Å². The van der Waals surface area contributed by atoms with Crippen molar-refractivity contribution in [1.82, 2.24) is 15.4 Å². The van der Waals surface area contributed by atoms with Crippen molar-refractivity contribution < 1.29 is 33.4 Å². The van der Waals surface area contributed by atoms with Crippen LogP contribution in [0.1, 0.15) is 60.3 Å². The molecule has 3 N–H and O–H groups in total. The third-order valence-corrected chi connectivity index (χ3v) is 5.87. The lowest BCUT2D eigenvalue weighted by Crippen LogP contribution is -2.59. The summed E-state index contributed by atoms with van der Waals surface area (Å²) >= 11 is 3.68. The molecular formula is C21H37N3O7S. The molecule has 0 bridgehead atoms. The van der Waals surface area contributed by atoms with Crippen LogP contribution in [0.5, 0.6) is 0 Å². The molecule has 0 spiro atoms. The number of ether oxygens (including phenoxy) is 3. The molecule has 6 unspecified atom stereocenters. The fourth-order valence-electron chi connectivity index (χ4n) is 3.55. The van der Waals surface area contributed by atoms with Crippen molar-refractivity contribution in [3.63, 3.8) is 0 Å². The third-order valence-electron chi connectivity index (χ3n) is 5.62. The van der Waals surface area contributed by atoms with Gasteiger partial charge in [0.15, 0.2) is 6.29 Å². The van der Waals surface area contributed by atoms with E-state index in [1.165, 1.54) is 13.8 Å². The van der Waals surface area contributed by atoms with Crippen molar-refractivity contribution >= 4 is 36.5 Å². The molecule has 1 rings (SSSR count). The van der Waals surface area contributed by atoms with Gasteiger partial charge >= 0.3 is 5.97 Å². The number of nitrogens with one attached hydrogen (secondary N) is 3. The van der Waals surface area contributed by atoms with Gasteiger partial charge in [-0.1, -0.05) is 33.6 Å². The highest BCUT2D eigenvalue weighted by atomic mass is 32.1. The molecular weight excluding hydrogens is 438 g/mol. The van der Waals surface area contributed by atoms with E-state index in [2.05, 4.69) is 28.2 Å². The second kappa shape index (κ2) is 14.3. The average molecular weight is 476 g/mol. The maximum absolute atomic E-state index is 12.1. The lowest BCUT2D eigenvalue weighted by Gasteiger charge is -2.45. The molecule has 0 aromatic rings. The van der Waals surface area contributed by atoms with Crippen molar-refractivity contribution in [2.45, 2.75) is 84.8 Å². The van der Waals surface area contributed by atoms with Crippen LogP contribution in [0.2, 0.25) is 0 Å². The number of hydrogen-bond acceptors (Lipinski definition) is 8. The second-order valence-corrected chi connectivity index (χ2v) is 8.38. The minimum absolute atomic E-state index is 0.00689. The Morgan fingerprint density at radius 1 is 1.06 bits per heavy atom. The van der Waals surface area contributed by atoms with Gasteiger partial charge in [0, 0.05) is 33.2 Å². The smallest absolute Gasteiger partial charge is 0.302 e. The maximum Gasteiger partial charge on any atom is 0.302 e. The molecule has 0 aromatic heterocycles. The molecule has 1 saturated heterocycles. The predicted molar refractivity (Wildman–Crippen MR) is 120 cm³/mol. The summed E-state index contributed by atoms with van der Waals surface area (Å²) in [5.74, 6) is -0.969. The monoisotopic (exact) mass is 475 g/mol. The van der Waals surface area contributed by atoms with E-state index in [1.807, 2.05) is 20.8 Å². The molecule has 11 heteroatoms. The van der Waals surface area contributed by atoms with Gasteiger partial charge in [0.2, 0.25) is 17.7 Å². The normalized spacial score (nSPS) is 26.0. The maximum atomic E-state index is 12.1. The number of rotatable bonds is 12. The van der Waals surface area contributed by atoms with Crippen LogP contribution in [-0.4, -0.2) is 61.4 Å². The highest BCUT2D eigenvalue weighted by Gasteiger charge is 2.42. The first kappa shape index (κ1) is 28.2. The van der Waals surface area contributed by atoms with Crippen LogP contribution in [0, 0.1) is 11.8 Å². The average Bonchev–Trinajstić information content (AvgIpc) is 2.73. The molecule has 3 amide bonds. The molecule has 1 heterocycles. The summed E-state index contributed by atoms with van der Waals surface area (Å²) in [5.41, 5.74) is 0. The summed E-state index contributed by atoms with van der Waals surface area (Å²) in [5, 5.41) is 5.74. The molecule has 1 fully saturated rings. The van der Waals surface area contributed by atoms with Crippen molar-refractivity contribution in [1.29, 1.82) is 0 Å². The molecule has 6 atom stereocenters. The first-order valence-corrected chi connectivity index (χ1v) is 11.4. The summed E-state index contributed by atoms with van der Waals surface area (Å²) in [6.07, 6.45) is -0.0774. The molecule has 10 nitrogen and oxygen atoms in total. The van der Waals surface area contributed by atoms with Gasteiger partial charge in [0.1, 0.15) is 6.10 Å². The molecule has 0 aromatic carbocycles. The van der Waals surface area contributed by atoms with Crippen molar-refractivity contribution in [2.75, 3.05) is 13.2 Å². The minimum atomic E-state index is -0.754. The summed E-state index contributed by atoms with van der Waals surface area (Å²) in [6, 6.07) is -0.385. The Hall–Kier alpha value is -1.85. The Morgan fingerprint density at radius 3 is 2.28 bits per heavy atom. The van der Waals surface area contributed by atoms with E-state index < -0.39 is 18.4 Å². The molecule has 0 aliphatic carbocycles. The Bertz CT molecular complexity index is 649. The fraction of sp³-hybridized carbons (Fsp3) is 0.810. The zero-order chi connectivity index (χ0) is 24.3. The van der Waals surface area contributed by atoms with E-state index in [4.69, 9.17) is 14.2 Å². The first-order valence-electron chi connectivity index (χ1n) is 11.0. The van der Waals surface area contributed by atoms with E-state index in [9.17, 15) is 19.2 Å². The zero-order valence-electron chi connectivity index (χ0n) is 19.5.